The predicted octanol–water partition coefficient (Wildman–Crippen LogP) is 8.19. The van der Waals surface area contributed by atoms with Gasteiger partial charge in [0.05, 0.1) is 6.61 Å². The van der Waals surface area contributed by atoms with Gasteiger partial charge in [0.1, 0.15) is 23.0 Å². The van der Waals surface area contributed by atoms with Gasteiger partial charge >= 0.3 is 15.6 Å². The summed E-state index contributed by atoms with van der Waals surface area (Å²) in [6.45, 7) is 1.96. The number of rotatable bonds is 11. The van der Waals surface area contributed by atoms with Gasteiger partial charge in [-0.2, -0.15) is 0 Å². The fourth-order valence-electron chi connectivity index (χ4n) is 2.76. The molecule has 0 aliphatic rings. The van der Waals surface area contributed by atoms with Crippen molar-refractivity contribution in [3.63, 3.8) is 0 Å². The van der Waals surface area contributed by atoms with Crippen LogP contribution in [0.4, 0.5) is 0 Å². The quantitative estimate of drug-likeness (QED) is 0.175. The van der Waals surface area contributed by atoms with Crippen molar-refractivity contribution in [1.29, 1.82) is 0 Å². The number of phosphoric acid groups is 2. The van der Waals surface area contributed by atoms with Gasteiger partial charge in [-0.1, -0.05) is 72.8 Å². The molecule has 0 spiro atoms. The normalized spacial score (nSPS) is 11.0. The molecular weight excluding hydrogens is 514 g/mol. The highest BCUT2D eigenvalue weighted by Crippen LogP contribution is 2.50. The molecule has 0 radical (unpaired) electrons. The van der Waals surface area contributed by atoms with E-state index in [9.17, 15) is 9.13 Å². The molecule has 194 valence electrons. The lowest BCUT2D eigenvalue weighted by Crippen LogP contribution is -2.04. The molecule has 4 aromatic carbocycles. The number of hydrogen-bond acceptors (Lipinski definition) is 8. The van der Waals surface area contributed by atoms with E-state index in [0.717, 1.165) is 0 Å². The minimum Gasteiger partial charge on any atom is -0.395 e. The molecule has 0 aromatic heterocycles. The minimum atomic E-state index is -3.66. The lowest BCUT2D eigenvalue weighted by molar-refractivity contribution is 0.219. The SMILES string of the molecule is CCOP(=O)(Oc1ccccc1)Oc1ccccc1.COP(=O)(Oc1ccccc1)Oc1ccccc1. The third-order valence-corrected chi connectivity index (χ3v) is 7.11. The molecule has 37 heavy (non-hydrogen) atoms. The smallest absolute Gasteiger partial charge is 0.395 e. The zero-order valence-corrected chi connectivity index (χ0v) is 22.2. The second-order valence-electron chi connectivity index (χ2n) is 7.11. The Hall–Kier alpha value is -3.54. The molecule has 0 fully saturated rings. The highest BCUT2D eigenvalue weighted by atomic mass is 31.2. The van der Waals surface area contributed by atoms with Crippen LogP contribution in [0.25, 0.3) is 0 Å². The maximum Gasteiger partial charge on any atom is 0.587 e. The monoisotopic (exact) mass is 542 g/mol. The summed E-state index contributed by atoms with van der Waals surface area (Å²) in [5.41, 5.74) is 0. The van der Waals surface area contributed by atoms with Gasteiger partial charge in [-0.3, -0.25) is 9.05 Å². The Balaban J connectivity index is 0.000000206. The van der Waals surface area contributed by atoms with Crippen LogP contribution >= 0.6 is 15.6 Å². The summed E-state index contributed by atoms with van der Waals surface area (Å²) >= 11 is 0. The van der Waals surface area contributed by atoms with Crippen LogP contribution in [0.1, 0.15) is 6.92 Å². The van der Waals surface area contributed by atoms with E-state index in [4.69, 9.17) is 27.1 Å². The molecule has 0 N–H and O–H groups in total. The summed E-state index contributed by atoms with van der Waals surface area (Å²) in [7, 11) is -6.02. The number of para-hydroxylation sites is 4. The molecule has 0 unspecified atom stereocenters. The first-order valence-corrected chi connectivity index (χ1v) is 14.2. The van der Waals surface area contributed by atoms with Crippen molar-refractivity contribution < 1.29 is 36.3 Å². The summed E-state index contributed by atoms with van der Waals surface area (Å²) in [6, 6.07) is 35.1. The Kier molecular flexibility index (Phi) is 10.8. The van der Waals surface area contributed by atoms with Crippen LogP contribution < -0.4 is 18.1 Å². The molecule has 4 rings (SSSR count). The van der Waals surface area contributed by atoms with Gasteiger partial charge in [-0.15, -0.1) is 0 Å². The van der Waals surface area contributed by atoms with Crippen molar-refractivity contribution in [2.45, 2.75) is 6.92 Å². The molecule has 8 nitrogen and oxygen atoms in total. The number of benzene rings is 4. The summed E-state index contributed by atoms with van der Waals surface area (Å²) in [4.78, 5) is 0. The Bertz CT molecular complexity index is 1180. The van der Waals surface area contributed by atoms with E-state index in [1.807, 2.05) is 24.3 Å². The molecule has 10 heteroatoms. The van der Waals surface area contributed by atoms with Gasteiger partial charge in [-0.05, 0) is 55.5 Å². The minimum absolute atomic E-state index is 0.233. The Morgan fingerprint density at radius 1 is 0.486 bits per heavy atom. The molecule has 4 aromatic rings. The standard InChI is InChI=1S/C14H15O4P.C13H13O4P/c1-2-16-19(15,17-13-9-5-3-6-10-13)18-14-11-7-4-8-12-14;1-15-18(14,16-12-8-4-2-5-9-12)17-13-10-6-3-7-11-13/h3-12H,2H2,1H3;2-11H,1H3. The van der Waals surface area contributed by atoms with E-state index in [-0.39, 0.29) is 6.61 Å². The summed E-state index contributed by atoms with van der Waals surface area (Å²) in [6.07, 6.45) is 0. The molecule has 0 atom stereocenters. The van der Waals surface area contributed by atoms with Crippen molar-refractivity contribution >= 4 is 15.6 Å². The first-order chi connectivity index (χ1) is 17.9. The van der Waals surface area contributed by atoms with Crippen molar-refractivity contribution in [3.05, 3.63) is 121 Å². The van der Waals surface area contributed by atoms with Gasteiger partial charge in [-0.25, -0.2) is 9.13 Å². The van der Waals surface area contributed by atoms with E-state index in [0.29, 0.717) is 23.0 Å². The molecule has 0 heterocycles. The van der Waals surface area contributed by atoms with Crippen LogP contribution in [-0.2, 0) is 18.2 Å². The third-order valence-electron chi connectivity index (χ3n) is 4.35. The van der Waals surface area contributed by atoms with Crippen molar-refractivity contribution in [1.82, 2.24) is 0 Å². The summed E-state index contributed by atoms with van der Waals surface area (Å²) in [5, 5.41) is 0. The highest BCUT2D eigenvalue weighted by Gasteiger charge is 2.30. The lowest BCUT2D eigenvalue weighted by atomic mass is 10.3. The number of phosphoric ester groups is 2. The zero-order valence-electron chi connectivity index (χ0n) is 20.4. The van der Waals surface area contributed by atoms with Crippen LogP contribution in [0, 0.1) is 0 Å². The number of hydrogen-bond donors (Lipinski definition) is 0. The second-order valence-corrected chi connectivity index (χ2v) is 10.3. The topological polar surface area (TPSA) is 89.5 Å². The summed E-state index contributed by atoms with van der Waals surface area (Å²) in [5.74, 6) is 1.74. The van der Waals surface area contributed by atoms with E-state index in [1.165, 1.54) is 7.11 Å². The fourth-order valence-corrected chi connectivity index (χ4v) is 4.93. The maximum absolute atomic E-state index is 12.5. The average Bonchev–Trinajstić information content (AvgIpc) is 2.91. The van der Waals surface area contributed by atoms with Gasteiger partial charge in [0.15, 0.2) is 0 Å². The predicted molar refractivity (Wildman–Crippen MR) is 142 cm³/mol. The van der Waals surface area contributed by atoms with Crippen LogP contribution in [0.3, 0.4) is 0 Å². The van der Waals surface area contributed by atoms with Gasteiger partial charge in [0.2, 0.25) is 0 Å². The van der Waals surface area contributed by atoms with E-state index < -0.39 is 15.6 Å². The van der Waals surface area contributed by atoms with Crippen LogP contribution in [0.5, 0.6) is 23.0 Å². The van der Waals surface area contributed by atoms with E-state index in [1.54, 1.807) is 104 Å². The van der Waals surface area contributed by atoms with Crippen LogP contribution in [0.2, 0.25) is 0 Å². The maximum atomic E-state index is 12.5. The van der Waals surface area contributed by atoms with Crippen LogP contribution in [0.15, 0.2) is 121 Å². The van der Waals surface area contributed by atoms with Gasteiger partial charge in [0.25, 0.3) is 0 Å². The van der Waals surface area contributed by atoms with Gasteiger partial charge in [0, 0.05) is 7.11 Å². The Morgan fingerprint density at radius 3 is 1.00 bits per heavy atom. The molecule has 0 aliphatic carbocycles. The molecule has 0 saturated carbocycles. The lowest BCUT2D eigenvalue weighted by Gasteiger charge is -2.18. The van der Waals surface area contributed by atoms with Crippen LogP contribution in [-0.4, -0.2) is 13.7 Å². The molecule has 0 bridgehead atoms. The largest absolute Gasteiger partial charge is 0.587 e. The van der Waals surface area contributed by atoms with Crippen molar-refractivity contribution in [2.24, 2.45) is 0 Å². The highest BCUT2D eigenvalue weighted by molar-refractivity contribution is 7.49. The first-order valence-electron chi connectivity index (χ1n) is 11.3. The van der Waals surface area contributed by atoms with Gasteiger partial charge < -0.3 is 18.1 Å². The van der Waals surface area contributed by atoms with E-state index in [2.05, 4.69) is 0 Å². The fraction of sp³-hybridized carbons (Fsp3) is 0.111. The average molecular weight is 542 g/mol. The molecule has 0 aliphatic heterocycles. The Labute approximate surface area is 216 Å². The second kappa shape index (κ2) is 14.3. The van der Waals surface area contributed by atoms with Crippen molar-refractivity contribution in [2.75, 3.05) is 13.7 Å². The molecular formula is C27H28O8P2. The molecule has 0 amide bonds. The zero-order chi connectivity index (χ0) is 26.4. The van der Waals surface area contributed by atoms with E-state index >= 15 is 0 Å². The first kappa shape index (κ1) is 28.0. The van der Waals surface area contributed by atoms with Crippen molar-refractivity contribution in [3.8, 4) is 23.0 Å². The Morgan fingerprint density at radius 2 is 0.757 bits per heavy atom. The third kappa shape index (κ3) is 9.79. The molecule has 0 saturated heterocycles. The summed E-state index contributed by atoms with van der Waals surface area (Å²) < 4.78 is 56.0.